The molecule has 0 radical (unpaired) electrons. The molecule has 3 rings (SSSR count). The Morgan fingerprint density at radius 2 is 2.00 bits per heavy atom. The Morgan fingerprint density at radius 3 is 2.80 bits per heavy atom. The molecule has 0 atom stereocenters. The maximum Gasteiger partial charge on any atom is 0.132 e. The number of aromatic nitrogens is 2. The van der Waals surface area contributed by atoms with Gasteiger partial charge in [-0.25, -0.2) is 9.97 Å². The Morgan fingerprint density at radius 1 is 1.16 bits per heavy atom. The van der Waals surface area contributed by atoms with Crippen LogP contribution in [0.5, 0.6) is 5.75 Å². The number of benzene rings is 2. The van der Waals surface area contributed by atoms with Gasteiger partial charge in [0.05, 0.1) is 7.11 Å². The maximum atomic E-state index is 5.97. The SMILES string of the molecule is COc1cccc(Sc2ccccc2NCc2cnc(C)nc2N)c1. The molecule has 1 heterocycles. The van der Waals surface area contributed by atoms with Crippen LogP contribution in [0.4, 0.5) is 11.5 Å². The molecule has 5 nitrogen and oxygen atoms in total. The first-order chi connectivity index (χ1) is 12.2. The average Bonchev–Trinajstić information content (AvgIpc) is 2.62. The number of para-hydroxylation sites is 1. The molecule has 0 bridgehead atoms. The van der Waals surface area contributed by atoms with Crippen LogP contribution >= 0.6 is 11.8 Å². The lowest BCUT2D eigenvalue weighted by molar-refractivity contribution is 0.413. The van der Waals surface area contributed by atoms with E-state index in [1.165, 1.54) is 0 Å². The number of anilines is 2. The van der Waals surface area contributed by atoms with Crippen molar-refractivity contribution < 1.29 is 4.74 Å². The van der Waals surface area contributed by atoms with Crippen molar-refractivity contribution in [2.75, 3.05) is 18.2 Å². The van der Waals surface area contributed by atoms with Crippen LogP contribution in [0, 0.1) is 6.92 Å². The number of rotatable bonds is 6. The van der Waals surface area contributed by atoms with Gasteiger partial charge in [-0.2, -0.15) is 0 Å². The number of nitrogens with one attached hydrogen (secondary N) is 1. The quantitative estimate of drug-likeness (QED) is 0.695. The van der Waals surface area contributed by atoms with E-state index < -0.39 is 0 Å². The molecule has 0 saturated carbocycles. The highest BCUT2D eigenvalue weighted by molar-refractivity contribution is 7.99. The van der Waals surface area contributed by atoms with Gasteiger partial charge in [0.2, 0.25) is 0 Å². The van der Waals surface area contributed by atoms with Gasteiger partial charge >= 0.3 is 0 Å². The number of methoxy groups -OCH3 is 1. The van der Waals surface area contributed by atoms with Crippen LogP contribution in [0.2, 0.25) is 0 Å². The number of nitrogens with zero attached hydrogens (tertiary/aromatic N) is 2. The molecule has 0 saturated heterocycles. The summed E-state index contributed by atoms with van der Waals surface area (Å²) in [6.45, 7) is 2.40. The van der Waals surface area contributed by atoms with E-state index in [0.29, 0.717) is 18.2 Å². The van der Waals surface area contributed by atoms with E-state index in [-0.39, 0.29) is 0 Å². The minimum atomic E-state index is 0.512. The van der Waals surface area contributed by atoms with Gasteiger partial charge in [-0.05, 0) is 37.3 Å². The van der Waals surface area contributed by atoms with Crippen molar-refractivity contribution in [1.29, 1.82) is 0 Å². The van der Waals surface area contributed by atoms with Crippen molar-refractivity contribution in [3.8, 4) is 5.75 Å². The van der Waals surface area contributed by atoms with Crippen molar-refractivity contribution in [1.82, 2.24) is 9.97 Å². The van der Waals surface area contributed by atoms with Crippen LogP contribution in [0.3, 0.4) is 0 Å². The lowest BCUT2D eigenvalue weighted by Gasteiger charge is -2.13. The van der Waals surface area contributed by atoms with Crippen LogP contribution in [-0.4, -0.2) is 17.1 Å². The van der Waals surface area contributed by atoms with Crippen molar-refractivity contribution >= 4 is 23.3 Å². The topological polar surface area (TPSA) is 73.1 Å². The molecule has 2 aromatic carbocycles. The summed E-state index contributed by atoms with van der Waals surface area (Å²) in [6, 6.07) is 16.2. The predicted octanol–water partition coefficient (Wildman–Crippen LogP) is 4.14. The molecule has 1 aromatic heterocycles. The summed E-state index contributed by atoms with van der Waals surface area (Å²) in [5, 5.41) is 3.43. The Bertz CT molecular complexity index is 870. The molecule has 0 fully saturated rings. The molecule has 25 heavy (non-hydrogen) atoms. The van der Waals surface area contributed by atoms with E-state index in [9.17, 15) is 0 Å². The van der Waals surface area contributed by atoms with Gasteiger partial charge in [-0.3, -0.25) is 0 Å². The van der Waals surface area contributed by atoms with Crippen molar-refractivity contribution in [3.63, 3.8) is 0 Å². The highest BCUT2D eigenvalue weighted by atomic mass is 32.2. The van der Waals surface area contributed by atoms with E-state index in [1.54, 1.807) is 25.1 Å². The number of nitrogens with two attached hydrogens (primary N) is 1. The Hall–Kier alpha value is -2.73. The molecule has 0 spiro atoms. The van der Waals surface area contributed by atoms with Gasteiger partial charge in [0.15, 0.2) is 0 Å². The number of hydrogen-bond donors (Lipinski definition) is 2. The van der Waals surface area contributed by atoms with E-state index in [4.69, 9.17) is 10.5 Å². The smallest absolute Gasteiger partial charge is 0.132 e. The molecule has 0 amide bonds. The maximum absolute atomic E-state index is 5.97. The van der Waals surface area contributed by atoms with E-state index >= 15 is 0 Å². The normalized spacial score (nSPS) is 10.5. The summed E-state index contributed by atoms with van der Waals surface area (Å²) in [5.74, 6) is 2.04. The van der Waals surface area contributed by atoms with Gasteiger partial charge in [-0.1, -0.05) is 30.0 Å². The molecule has 0 unspecified atom stereocenters. The summed E-state index contributed by atoms with van der Waals surface area (Å²) in [5.41, 5.74) is 7.89. The third-order valence-corrected chi connectivity index (χ3v) is 4.71. The van der Waals surface area contributed by atoms with Crippen LogP contribution < -0.4 is 15.8 Å². The minimum absolute atomic E-state index is 0.512. The highest BCUT2D eigenvalue weighted by Crippen LogP contribution is 2.35. The Balaban J connectivity index is 1.76. The van der Waals surface area contributed by atoms with Crippen molar-refractivity contribution in [2.45, 2.75) is 23.3 Å². The van der Waals surface area contributed by atoms with Gasteiger partial charge < -0.3 is 15.8 Å². The molecule has 0 aliphatic rings. The fourth-order valence-corrected chi connectivity index (χ4v) is 3.30. The lowest BCUT2D eigenvalue weighted by atomic mass is 10.2. The Kier molecular flexibility index (Phi) is 5.40. The van der Waals surface area contributed by atoms with Crippen LogP contribution in [0.15, 0.2) is 64.5 Å². The molecule has 3 aromatic rings. The summed E-state index contributed by atoms with van der Waals surface area (Å²) in [6.07, 6.45) is 1.77. The average molecular weight is 352 g/mol. The second-order valence-electron chi connectivity index (χ2n) is 5.46. The highest BCUT2D eigenvalue weighted by Gasteiger charge is 2.07. The van der Waals surface area contributed by atoms with Gasteiger partial charge in [0.25, 0.3) is 0 Å². The molecule has 3 N–H and O–H groups in total. The van der Waals surface area contributed by atoms with Crippen LogP contribution in [-0.2, 0) is 6.54 Å². The first-order valence-corrected chi connectivity index (χ1v) is 8.70. The summed E-state index contributed by atoms with van der Waals surface area (Å²) in [7, 11) is 1.67. The fraction of sp³-hybridized carbons (Fsp3) is 0.158. The number of aryl methyl sites for hydroxylation is 1. The largest absolute Gasteiger partial charge is 0.497 e. The zero-order valence-electron chi connectivity index (χ0n) is 14.2. The molecular formula is C19H20N4OS. The monoisotopic (exact) mass is 352 g/mol. The number of ether oxygens (including phenoxy) is 1. The minimum Gasteiger partial charge on any atom is -0.497 e. The number of hydrogen-bond acceptors (Lipinski definition) is 6. The second kappa shape index (κ2) is 7.90. The van der Waals surface area contributed by atoms with Crippen LogP contribution in [0.25, 0.3) is 0 Å². The summed E-state index contributed by atoms with van der Waals surface area (Å²) in [4.78, 5) is 10.7. The van der Waals surface area contributed by atoms with E-state index in [0.717, 1.165) is 26.8 Å². The van der Waals surface area contributed by atoms with Crippen molar-refractivity contribution in [2.24, 2.45) is 0 Å². The first-order valence-electron chi connectivity index (χ1n) is 7.88. The molecule has 0 aliphatic carbocycles. The lowest BCUT2D eigenvalue weighted by Crippen LogP contribution is -2.07. The second-order valence-corrected chi connectivity index (χ2v) is 6.57. The van der Waals surface area contributed by atoms with Crippen molar-refractivity contribution in [3.05, 3.63) is 66.1 Å². The zero-order chi connectivity index (χ0) is 17.6. The van der Waals surface area contributed by atoms with E-state index in [2.05, 4.69) is 27.4 Å². The van der Waals surface area contributed by atoms with E-state index in [1.807, 2.05) is 43.3 Å². The van der Waals surface area contributed by atoms with Gasteiger partial charge in [-0.15, -0.1) is 0 Å². The third-order valence-electron chi connectivity index (χ3n) is 3.64. The van der Waals surface area contributed by atoms with Gasteiger partial charge in [0.1, 0.15) is 17.4 Å². The predicted molar refractivity (Wildman–Crippen MR) is 102 cm³/mol. The van der Waals surface area contributed by atoms with Crippen LogP contribution in [0.1, 0.15) is 11.4 Å². The van der Waals surface area contributed by atoms with Gasteiger partial charge in [0, 0.05) is 33.8 Å². The molecule has 128 valence electrons. The zero-order valence-corrected chi connectivity index (χ0v) is 15.0. The molecule has 0 aliphatic heterocycles. The summed E-state index contributed by atoms with van der Waals surface area (Å²) >= 11 is 1.68. The molecule has 6 heteroatoms. The standard InChI is InChI=1S/C19H20N4OS/c1-13-21-11-14(19(20)23-13)12-22-17-8-3-4-9-18(17)25-16-7-5-6-15(10-16)24-2/h3-11,22H,12H2,1-2H3,(H2,20,21,23). The summed E-state index contributed by atoms with van der Waals surface area (Å²) < 4.78 is 5.29. The first kappa shape index (κ1) is 17.1. The third kappa shape index (κ3) is 4.42. The number of nitrogen functional groups attached to an aromatic ring is 1. The molecular weight excluding hydrogens is 332 g/mol. The fourth-order valence-electron chi connectivity index (χ4n) is 2.33. The Labute approximate surface area is 151 Å².